The van der Waals surface area contributed by atoms with E-state index in [1.54, 1.807) is 18.2 Å². The number of allylic oxidation sites excluding steroid dienone is 7. The van der Waals surface area contributed by atoms with Crippen molar-refractivity contribution in [2.75, 3.05) is 0 Å². The predicted molar refractivity (Wildman–Crippen MR) is 53.2 cm³/mol. The molecular weight excluding hydrogens is 186 g/mol. The Morgan fingerprint density at radius 1 is 1.15 bits per heavy atom. The van der Waals surface area contributed by atoms with Gasteiger partial charge in [-0.2, -0.15) is 0 Å². The molecule has 1 aliphatic rings. The monoisotopic (exact) mass is 197 g/mol. The van der Waals surface area contributed by atoms with Crippen molar-refractivity contribution in [3.8, 4) is 0 Å². The lowest BCUT2D eigenvalue weighted by atomic mass is 10.3. The summed E-state index contributed by atoms with van der Waals surface area (Å²) in [5.74, 6) is 0. The fourth-order valence-corrected chi connectivity index (χ4v) is 1.43. The third-order valence-corrected chi connectivity index (χ3v) is 2.43. The van der Waals surface area contributed by atoms with E-state index in [-0.39, 0.29) is 4.91 Å². The summed E-state index contributed by atoms with van der Waals surface area (Å²) in [5, 5.41) is 4.98. The van der Waals surface area contributed by atoms with E-state index in [1.807, 2.05) is 12.2 Å². The summed E-state index contributed by atoms with van der Waals surface area (Å²) in [6.45, 7) is 0. The summed E-state index contributed by atoms with van der Waals surface area (Å²) in [7, 11) is -3.59. The van der Waals surface area contributed by atoms with Gasteiger partial charge in [0, 0.05) is 0 Å². The molecule has 4 heteroatoms. The maximum atomic E-state index is 11.0. The molecule has 1 aliphatic carbocycles. The van der Waals surface area contributed by atoms with Crippen molar-refractivity contribution in [2.24, 2.45) is 5.14 Å². The van der Waals surface area contributed by atoms with Crippen LogP contribution in [0.1, 0.15) is 6.42 Å². The van der Waals surface area contributed by atoms with Gasteiger partial charge in [-0.15, -0.1) is 0 Å². The normalized spacial score (nSPS) is 26.4. The molecule has 3 nitrogen and oxygen atoms in total. The van der Waals surface area contributed by atoms with Gasteiger partial charge in [-0.1, -0.05) is 30.4 Å². The molecule has 0 fully saturated rings. The Hall–Kier alpha value is -1.13. The quantitative estimate of drug-likeness (QED) is 0.687. The van der Waals surface area contributed by atoms with Crippen LogP contribution in [0, 0.1) is 0 Å². The zero-order chi connectivity index (χ0) is 9.73. The van der Waals surface area contributed by atoms with Gasteiger partial charge in [0.2, 0.25) is 10.0 Å². The smallest absolute Gasteiger partial charge is 0.225 e. The van der Waals surface area contributed by atoms with Gasteiger partial charge in [0.1, 0.15) is 0 Å². The fourth-order valence-electron chi connectivity index (χ4n) is 0.880. The lowest BCUT2D eigenvalue weighted by Gasteiger charge is -1.95. The maximum Gasteiger partial charge on any atom is 0.238 e. The average Bonchev–Trinajstić information content (AvgIpc) is 2.14. The van der Waals surface area contributed by atoms with Gasteiger partial charge in [-0.25, -0.2) is 13.6 Å². The van der Waals surface area contributed by atoms with Crippen molar-refractivity contribution in [1.29, 1.82) is 0 Å². The summed E-state index contributed by atoms with van der Waals surface area (Å²) in [5.41, 5.74) is 0. The summed E-state index contributed by atoms with van der Waals surface area (Å²) in [6, 6.07) is 0. The molecule has 0 aromatic carbocycles. The SMILES string of the molecule is NS(=O)(=O)/C1=C/C=C\C=C/CC=C1. The minimum absolute atomic E-state index is 0.132. The topological polar surface area (TPSA) is 60.2 Å². The number of hydrogen-bond acceptors (Lipinski definition) is 2. The van der Waals surface area contributed by atoms with E-state index in [9.17, 15) is 8.42 Å². The minimum atomic E-state index is -3.59. The zero-order valence-corrected chi connectivity index (χ0v) is 7.87. The molecule has 0 aromatic rings. The molecule has 1 rings (SSSR count). The molecule has 0 bridgehead atoms. The van der Waals surface area contributed by atoms with Crippen LogP contribution in [0.3, 0.4) is 0 Å². The molecule has 0 aromatic heterocycles. The van der Waals surface area contributed by atoms with Gasteiger partial charge < -0.3 is 0 Å². The Morgan fingerprint density at radius 2 is 1.92 bits per heavy atom. The minimum Gasteiger partial charge on any atom is -0.225 e. The molecule has 0 heterocycles. The Balaban J connectivity index is 3.03. The third-order valence-electron chi connectivity index (χ3n) is 1.50. The molecule has 0 saturated carbocycles. The molecule has 2 N–H and O–H groups in total. The van der Waals surface area contributed by atoms with Crippen LogP contribution < -0.4 is 5.14 Å². The van der Waals surface area contributed by atoms with Gasteiger partial charge in [0.25, 0.3) is 0 Å². The van der Waals surface area contributed by atoms with Crippen molar-refractivity contribution in [3.05, 3.63) is 47.4 Å². The van der Waals surface area contributed by atoms with Crippen molar-refractivity contribution in [2.45, 2.75) is 6.42 Å². The molecular formula is C9H11NO2S. The molecule has 0 aliphatic heterocycles. The van der Waals surface area contributed by atoms with E-state index in [4.69, 9.17) is 5.14 Å². The summed E-state index contributed by atoms with van der Waals surface area (Å²) >= 11 is 0. The summed E-state index contributed by atoms with van der Waals surface area (Å²) in [6.07, 6.45) is 12.6. The van der Waals surface area contributed by atoms with Crippen molar-refractivity contribution in [1.82, 2.24) is 0 Å². The zero-order valence-electron chi connectivity index (χ0n) is 7.05. The Bertz CT molecular complexity index is 386. The molecule has 0 atom stereocenters. The van der Waals surface area contributed by atoms with Crippen molar-refractivity contribution >= 4 is 10.0 Å². The van der Waals surface area contributed by atoms with Gasteiger partial charge in [0.15, 0.2) is 0 Å². The van der Waals surface area contributed by atoms with Crippen LogP contribution in [0.15, 0.2) is 47.4 Å². The van der Waals surface area contributed by atoms with Crippen LogP contribution in [0.5, 0.6) is 0 Å². The molecule has 0 unspecified atom stereocenters. The van der Waals surface area contributed by atoms with Crippen LogP contribution >= 0.6 is 0 Å². The first-order chi connectivity index (χ1) is 6.11. The number of rotatable bonds is 1. The van der Waals surface area contributed by atoms with Crippen LogP contribution in [-0.4, -0.2) is 8.42 Å². The molecule has 0 amide bonds. The van der Waals surface area contributed by atoms with E-state index in [1.165, 1.54) is 12.2 Å². The molecule has 70 valence electrons. The Labute approximate surface area is 78.0 Å². The maximum absolute atomic E-state index is 11.0. The second-order valence-electron chi connectivity index (χ2n) is 2.57. The predicted octanol–water partition coefficient (Wildman–Crippen LogP) is 1.23. The lowest BCUT2D eigenvalue weighted by Crippen LogP contribution is -2.13. The molecule has 0 saturated heterocycles. The molecule has 13 heavy (non-hydrogen) atoms. The van der Waals surface area contributed by atoms with E-state index in [2.05, 4.69) is 0 Å². The highest BCUT2D eigenvalue weighted by molar-refractivity contribution is 7.93. The summed E-state index contributed by atoms with van der Waals surface area (Å²) < 4.78 is 21.9. The highest BCUT2D eigenvalue weighted by Crippen LogP contribution is 2.06. The van der Waals surface area contributed by atoms with Gasteiger partial charge in [0.05, 0.1) is 4.91 Å². The summed E-state index contributed by atoms with van der Waals surface area (Å²) in [4.78, 5) is 0.132. The van der Waals surface area contributed by atoms with Crippen molar-refractivity contribution < 1.29 is 8.42 Å². The molecule has 0 spiro atoms. The number of primary sulfonamides is 1. The van der Waals surface area contributed by atoms with Crippen LogP contribution in [0.2, 0.25) is 0 Å². The number of sulfonamides is 1. The van der Waals surface area contributed by atoms with Crippen molar-refractivity contribution in [3.63, 3.8) is 0 Å². The highest BCUT2D eigenvalue weighted by atomic mass is 32.2. The second-order valence-corrected chi connectivity index (χ2v) is 4.13. The van der Waals surface area contributed by atoms with Gasteiger partial charge >= 0.3 is 0 Å². The number of hydrogen-bond donors (Lipinski definition) is 1. The second kappa shape index (κ2) is 4.20. The first kappa shape index (κ1) is 9.95. The average molecular weight is 197 g/mol. The van der Waals surface area contributed by atoms with Gasteiger partial charge in [-0.3, -0.25) is 0 Å². The van der Waals surface area contributed by atoms with Crippen LogP contribution in [0.4, 0.5) is 0 Å². The largest absolute Gasteiger partial charge is 0.238 e. The third kappa shape index (κ3) is 3.40. The van der Waals surface area contributed by atoms with Crippen LogP contribution in [0.25, 0.3) is 0 Å². The first-order valence-corrected chi connectivity index (χ1v) is 5.38. The van der Waals surface area contributed by atoms with E-state index in [0.29, 0.717) is 6.42 Å². The fraction of sp³-hybridized carbons (Fsp3) is 0.111. The van der Waals surface area contributed by atoms with Gasteiger partial charge in [-0.05, 0) is 18.6 Å². The van der Waals surface area contributed by atoms with E-state index in [0.717, 1.165) is 0 Å². The molecule has 0 radical (unpaired) electrons. The highest BCUT2D eigenvalue weighted by Gasteiger charge is 2.06. The Morgan fingerprint density at radius 3 is 2.62 bits per heavy atom. The van der Waals surface area contributed by atoms with E-state index < -0.39 is 10.0 Å². The standard InChI is InChI=1S/C9H11NO2S/c10-13(11,12)9-7-5-3-1-2-4-6-8-9/h1-3,5-8H,4H2,(H2,10,11,12)/b2-1-,5-3-,8-6?,9-7+. The lowest BCUT2D eigenvalue weighted by molar-refractivity contribution is 0.604. The first-order valence-electron chi connectivity index (χ1n) is 3.83. The number of nitrogens with two attached hydrogens (primary N) is 1. The van der Waals surface area contributed by atoms with Crippen LogP contribution in [-0.2, 0) is 10.0 Å². The Kier molecular flexibility index (Phi) is 3.22. The van der Waals surface area contributed by atoms with E-state index >= 15 is 0 Å².